The zero-order chi connectivity index (χ0) is 21.4. The summed E-state index contributed by atoms with van der Waals surface area (Å²) in [5.74, 6) is 0.451. The summed E-state index contributed by atoms with van der Waals surface area (Å²) in [6.45, 7) is 5.99. The smallest absolute Gasteiger partial charge is 0.238 e. The van der Waals surface area contributed by atoms with Crippen molar-refractivity contribution < 1.29 is 19.0 Å². The second-order valence-corrected chi connectivity index (χ2v) is 8.50. The Morgan fingerprint density at radius 1 is 1.30 bits per heavy atom. The Hall–Kier alpha value is -3.00. The van der Waals surface area contributed by atoms with Gasteiger partial charge in [0.1, 0.15) is 11.6 Å². The minimum absolute atomic E-state index is 0.0638. The summed E-state index contributed by atoms with van der Waals surface area (Å²) in [6, 6.07) is 11.3. The van der Waals surface area contributed by atoms with Gasteiger partial charge >= 0.3 is 0 Å². The largest absolute Gasteiger partial charge is 0.504 e. The second kappa shape index (κ2) is 8.02. The summed E-state index contributed by atoms with van der Waals surface area (Å²) in [7, 11) is 0. The number of aryl methyl sites for hydroxylation is 1. The maximum absolute atomic E-state index is 13.8. The van der Waals surface area contributed by atoms with Crippen LogP contribution in [0.5, 0.6) is 11.5 Å². The fourth-order valence-electron chi connectivity index (χ4n) is 3.53. The number of aromatic hydroxyl groups is 1. The molecule has 30 heavy (non-hydrogen) atoms. The molecular formula is C22H22FN3O3S. The zero-order valence-electron chi connectivity index (χ0n) is 16.8. The van der Waals surface area contributed by atoms with Gasteiger partial charge in [0.2, 0.25) is 5.91 Å². The van der Waals surface area contributed by atoms with Crippen molar-refractivity contribution in [3.05, 3.63) is 65.1 Å². The molecule has 156 valence electrons. The van der Waals surface area contributed by atoms with E-state index in [1.54, 1.807) is 28.9 Å². The number of anilines is 1. The van der Waals surface area contributed by atoms with Crippen LogP contribution in [0.25, 0.3) is 5.69 Å². The summed E-state index contributed by atoms with van der Waals surface area (Å²) in [4.78, 5) is 12.7. The lowest BCUT2D eigenvalue weighted by atomic mass is 10.0. The van der Waals surface area contributed by atoms with Crippen molar-refractivity contribution >= 4 is 23.5 Å². The lowest BCUT2D eigenvalue weighted by Crippen LogP contribution is -2.22. The number of hydrogen-bond donors (Lipinski definition) is 2. The molecule has 2 atom stereocenters. The van der Waals surface area contributed by atoms with Crippen molar-refractivity contribution in [1.29, 1.82) is 0 Å². The zero-order valence-corrected chi connectivity index (χ0v) is 17.7. The number of fused-ring (bicyclic) bond motifs is 1. The molecule has 1 aliphatic heterocycles. The highest BCUT2D eigenvalue weighted by molar-refractivity contribution is 8.01. The Kier molecular flexibility index (Phi) is 5.42. The van der Waals surface area contributed by atoms with E-state index >= 15 is 0 Å². The van der Waals surface area contributed by atoms with Gasteiger partial charge in [-0.3, -0.25) is 4.79 Å². The van der Waals surface area contributed by atoms with Gasteiger partial charge in [0.15, 0.2) is 11.5 Å². The topological polar surface area (TPSA) is 76.4 Å². The minimum Gasteiger partial charge on any atom is -0.504 e. The van der Waals surface area contributed by atoms with Crippen LogP contribution in [-0.2, 0) is 4.79 Å². The number of amides is 1. The molecule has 3 aromatic rings. The van der Waals surface area contributed by atoms with Crippen LogP contribution < -0.4 is 10.1 Å². The monoisotopic (exact) mass is 427 g/mol. The molecule has 0 spiro atoms. The number of phenols is 1. The van der Waals surface area contributed by atoms with Gasteiger partial charge in [0.05, 0.1) is 28.5 Å². The van der Waals surface area contributed by atoms with Crippen LogP contribution in [0.15, 0.2) is 42.5 Å². The Labute approximate surface area is 178 Å². The molecular weight excluding hydrogens is 405 g/mol. The van der Waals surface area contributed by atoms with Crippen molar-refractivity contribution in [2.45, 2.75) is 31.3 Å². The molecule has 1 aromatic heterocycles. The van der Waals surface area contributed by atoms with Crippen LogP contribution in [-0.4, -0.2) is 32.7 Å². The molecule has 0 radical (unpaired) electrons. The van der Waals surface area contributed by atoms with Gasteiger partial charge in [-0.25, -0.2) is 9.07 Å². The molecule has 1 amide bonds. The predicted octanol–water partition coefficient (Wildman–Crippen LogP) is 4.59. The van der Waals surface area contributed by atoms with Gasteiger partial charge in [-0.1, -0.05) is 12.1 Å². The van der Waals surface area contributed by atoms with Gasteiger partial charge < -0.3 is 15.2 Å². The van der Waals surface area contributed by atoms with E-state index in [0.717, 1.165) is 16.8 Å². The molecule has 2 aromatic carbocycles. The molecule has 0 saturated heterocycles. The van der Waals surface area contributed by atoms with Gasteiger partial charge in [0, 0.05) is 5.56 Å². The summed E-state index contributed by atoms with van der Waals surface area (Å²) < 4.78 is 21.0. The van der Waals surface area contributed by atoms with E-state index in [-0.39, 0.29) is 28.0 Å². The van der Waals surface area contributed by atoms with Crippen molar-refractivity contribution in [3.8, 4) is 17.2 Å². The summed E-state index contributed by atoms with van der Waals surface area (Å²) in [6.07, 6.45) is 0. The summed E-state index contributed by atoms with van der Waals surface area (Å²) >= 11 is 1.49. The predicted molar refractivity (Wildman–Crippen MR) is 115 cm³/mol. The van der Waals surface area contributed by atoms with Crippen LogP contribution in [0.1, 0.15) is 35.9 Å². The van der Waals surface area contributed by atoms with Crippen LogP contribution >= 0.6 is 11.8 Å². The van der Waals surface area contributed by atoms with Crippen molar-refractivity contribution in [1.82, 2.24) is 9.78 Å². The molecule has 1 aliphatic rings. The van der Waals surface area contributed by atoms with E-state index in [0.29, 0.717) is 23.9 Å². The Balaban J connectivity index is 1.89. The van der Waals surface area contributed by atoms with E-state index in [1.165, 1.54) is 23.9 Å². The number of carbonyl (C=O) groups excluding carboxylic acids is 1. The standard InChI is InChI=1S/C22H22FN3O3S/c1-4-29-18-10-14(8-9-17(18)27)20-19-12(2)25-26(16-7-5-6-15(23)11-16)21(19)24-22(28)13(3)30-20/h5-11,13,20,27H,4H2,1-3H3,(H,24,28). The molecule has 0 aliphatic carbocycles. The molecule has 8 heteroatoms. The average molecular weight is 428 g/mol. The van der Waals surface area contributed by atoms with Crippen LogP contribution in [0.2, 0.25) is 0 Å². The average Bonchev–Trinajstić information content (AvgIpc) is 2.96. The van der Waals surface area contributed by atoms with E-state index in [9.17, 15) is 14.3 Å². The minimum atomic E-state index is -0.381. The second-order valence-electron chi connectivity index (χ2n) is 7.05. The number of halogens is 1. The SMILES string of the molecule is CCOc1cc(C2SC(C)C(=O)Nc3c2c(C)nn3-c2cccc(F)c2)ccc1O. The van der Waals surface area contributed by atoms with Crippen molar-refractivity contribution in [2.24, 2.45) is 0 Å². The Bertz CT molecular complexity index is 1120. The third-order valence-corrected chi connectivity index (χ3v) is 6.36. The van der Waals surface area contributed by atoms with Gasteiger partial charge in [-0.15, -0.1) is 11.8 Å². The number of rotatable bonds is 4. The van der Waals surface area contributed by atoms with Crippen LogP contribution in [0, 0.1) is 12.7 Å². The molecule has 2 N–H and O–H groups in total. The van der Waals surface area contributed by atoms with Crippen molar-refractivity contribution in [2.75, 3.05) is 11.9 Å². The molecule has 0 bridgehead atoms. The maximum Gasteiger partial charge on any atom is 0.238 e. The third kappa shape index (κ3) is 3.63. The van der Waals surface area contributed by atoms with Gasteiger partial charge in [-0.05, 0) is 56.7 Å². The number of nitrogens with zero attached hydrogens (tertiary/aromatic N) is 2. The molecule has 0 fully saturated rings. The number of carbonyl (C=O) groups is 1. The lowest BCUT2D eigenvalue weighted by molar-refractivity contribution is -0.115. The molecule has 2 unspecified atom stereocenters. The highest BCUT2D eigenvalue weighted by Crippen LogP contribution is 2.47. The highest BCUT2D eigenvalue weighted by Gasteiger charge is 2.34. The first-order chi connectivity index (χ1) is 14.4. The fourth-order valence-corrected chi connectivity index (χ4v) is 4.84. The van der Waals surface area contributed by atoms with Crippen LogP contribution in [0.3, 0.4) is 0 Å². The number of ether oxygens (including phenoxy) is 1. The lowest BCUT2D eigenvalue weighted by Gasteiger charge is -2.19. The van der Waals surface area contributed by atoms with E-state index in [1.807, 2.05) is 26.8 Å². The third-order valence-electron chi connectivity index (χ3n) is 4.96. The number of aromatic nitrogens is 2. The number of benzene rings is 2. The quantitative estimate of drug-likeness (QED) is 0.637. The fraction of sp³-hybridized carbons (Fsp3) is 0.273. The Morgan fingerprint density at radius 2 is 2.10 bits per heavy atom. The number of thioether (sulfide) groups is 1. The van der Waals surface area contributed by atoms with Gasteiger partial charge in [0.25, 0.3) is 0 Å². The summed E-state index contributed by atoms with van der Waals surface area (Å²) in [5.41, 5.74) is 2.98. The first-order valence-electron chi connectivity index (χ1n) is 9.66. The van der Waals surface area contributed by atoms with Crippen LogP contribution in [0.4, 0.5) is 10.2 Å². The van der Waals surface area contributed by atoms with E-state index in [2.05, 4.69) is 10.4 Å². The summed E-state index contributed by atoms with van der Waals surface area (Å²) in [5, 5.41) is 17.1. The molecule has 6 nitrogen and oxygen atoms in total. The normalized spacial score (nSPS) is 18.5. The Morgan fingerprint density at radius 3 is 2.83 bits per heavy atom. The number of phenolic OH excluding ortho intramolecular Hbond substituents is 1. The first kappa shape index (κ1) is 20.3. The van der Waals surface area contributed by atoms with Crippen molar-refractivity contribution in [3.63, 3.8) is 0 Å². The number of hydrogen-bond acceptors (Lipinski definition) is 5. The van der Waals surface area contributed by atoms with E-state index in [4.69, 9.17) is 4.74 Å². The number of nitrogens with one attached hydrogen (secondary N) is 1. The molecule has 4 rings (SSSR count). The maximum atomic E-state index is 13.8. The van der Waals surface area contributed by atoms with E-state index < -0.39 is 0 Å². The molecule has 0 saturated carbocycles. The highest BCUT2D eigenvalue weighted by atomic mass is 32.2. The van der Waals surface area contributed by atoms with Gasteiger partial charge in [-0.2, -0.15) is 5.10 Å². The first-order valence-corrected chi connectivity index (χ1v) is 10.6. The molecule has 2 heterocycles.